The number of anilines is 1. The predicted octanol–water partition coefficient (Wildman–Crippen LogP) is 4.51. The normalized spacial score (nSPS) is 15.1. The van der Waals surface area contributed by atoms with E-state index in [0.717, 1.165) is 23.5 Å². The van der Waals surface area contributed by atoms with Crippen molar-refractivity contribution in [3.63, 3.8) is 0 Å². The lowest BCUT2D eigenvalue weighted by molar-refractivity contribution is -0.137. The number of hydrogen-bond acceptors (Lipinski definition) is 9. The number of hydrogen-bond donors (Lipinski definition) is 3. The first-order valence-corrected chi connectivity index (χ1v) is 13.9. The first-order chi connectivity index (χ1) is 19.9. The van der Waals surface area contributed by atoms with Crippen molar-refractivity contribution >= 4 is 57.4 Å². The van der Waals surface area contributed by atoms with E-state index in [0.29, 0.717) is 35.9 Å². The van der Waals surface area contributed by atoms with Crippen molar-refractivity contribution in [2.24, 2.45) is 10.7 Å². The van der Waals surface area contributed by atoms with E-state index in [1.165, 1.54) is 17.0 Å². The number of likely N-dealkylation sites (N-methyl/N-ethyl adjacent to an activating group) is 1. The van der Waals surface area contributed by atoms with Gasteiger partial charge < -0.3 is 21.1 Å². The van der Waals surface area contributed by atoms with Gasteiger partial charge in [-0.3, -0.25) is 24.4 Å². The van der Waals surface area contributed by atoms with E-state index in [4.69, 9.17) is 33.7 Å². The first-order valence-electron chi connectivity index (χ1n) is 12.3. The maximum absolute atomic E-state index is 13.0. The fourth-order valence-electron chi connectivity index (χ4n) is 4.25. The lowest BCUT2D eigenvalue weighted by Gasteiger charge is -2.33. The van der Waals surface area contributed by atoms with Gasteiger partial charge in [-0.2, -0.15) is 13.2 Å². The highest BCUT2D eigenvalue weighted by Crippen LogP contribution is 2.39. The molecule has 2 aromatic carbocycles. The second kappa shape index (κ2) is 11.7. The zero-order valence-corrected chi connectivity index (χ0v) is 24.1. The number of nitrogens with one attached hydrogen (secondary N) is 2. The average Bonchev–Trinajstić information content (AvgIpc) is 3.61. The van der Waals surface area contributed by atoms with Gasteiger partial charge in [0.1, 0.15) is 18.1 Å². The number of fused-ring (bicyclic) bond motifs is 1. The Labute approximate surface area is 251 Å². The van der Waals surface area contributed by atoms with Gasteiger partial charge in [-0.25, -0.2) is 4.98 Å². The standard InChI is InChI=1S/C26H22Cl2F3N7O3S/c1-37-23(40)20(22(32)38-6-5-33-25(37)38)34-10-19(39)36-24-35-18(12-42-24)14-8-16(27)21(17(28)9-14)41-11-13-3-2-4-15(7-13)26(29,30)31/h2-4,7-9,12,34H,5-6,10-11,32H2,1H3,(H,35,36,39). The number of ether oxygens (including phenoxy) is 1. The molecule has 5 rings (SSSR count). The molecular formula is C26H22Cl2F3N7O3S. The second-order valence-corrected chi connectivity index (χ2v) is 10.8. The number of carbonyl (C=O) groups is 2. The summed E-state index contributed by atoms with van der Waals surface area (Å²) in [6.45, 7) is 0.635. The van der Waals surface area contributed by atoms with Gasteiger partial charge >= 0.3 is 6.18 Å². The third kappa shape index (κ3) is 6.10. The van der Waals surface area contributed by atoms with Crippen molar-refractivity contribution in [2.75, 3.05) is 32.0 Å². The van der Waals surface area contributed by atoms with Crippen molar-refractivity contribution in [3.8, 4) is 17.0 Å². The highest BCUT2D eigenvalue weighted by Gasteiger charge is 2.36. The summed E-state index contributed by atoms with van der Waals surface area (Å²) >= 11 is 13.9. The minimum absolute atomic E-state index is 0.105. The van der Waals surface area contributed by atoms with Gasteiger partial charge in [0, 0.05) is 24.5 Å². The summed E-state index contributed by atoms with van der Waals surface area (Å²) in [5.74, 6) is -0.0714. The maximum Gasteiger partial charge on any atom is 0.416 e. The number of thiazole rings is 1. The van der Waals surface area contributed by atoms with Crippen molar-refractivity contribution in [1.29, 1.82) is 0 Å². The molecular weight excluding hydrogens is 618 g/mol. The van der Waals surface area contributed by atoms with Crippen molar-refractivity contribution < 1.29 is 27.5 Å². The number of aromatic nitrogens is 1. The quantitative estimate of drug-likeness (QED) is 0.331. The Morgan fingerprint density at radius 3 is 2.67 bits per heavy atom. The molecule has 0 atom stereocenters. The Hall–Kier alpha value is -4.01. The number of amides is 2. The van der Waals surface area contributed by atoms with Crippen LogP contribution in [0.15, 0.2) is 58.3 Å². The number of guanidine groups is 1. The van der Waals surface area contributed by atoms with Gasteiger partial charge in [-0.15, -0.1) is 11.3 Å². The molecule has 0 saturated carbocycles. The highest BCUT2D eigenvalue weighted by molar-refractivity contribution is 7.14. The molecule has 42 heavy (non-hydrogen) atoms. The number of nitrogens with zero attached hydrogens (tertiary/aromatic N) is 4. The van der Waals surface area contributed by atoms with E-state index >= 15 is 0 Å². The molecule has 220 valence electrons. The van der Waals surface area contributed by atoms with Crippen LogP contribution in [0, 0.1) is 0 Å². The van der Waals surface area contributed by atoms with Crippen LogP contribution in [0.3, 0.4) is 0 Å². The molecule has 0 unspecified atom stereocenters. The smallest absolute Gasteiger partial charge is 0.416 e. The fourth-order valence-corrected chi connectivity index (χ4v) is 5.59. The summed E-state index contributed by atoms with van der Waals surface area (Å²) in [7, 11) is 1.58. The zero-order valence-electron chi connectivity index (χ0n) is 21.8. The Morgan fingerprint density at radius 1 is 1.21 bits per heavy atom. The summed E-state index contributed by atoms with van der Waals surface area (Å²) < 4.78 is 44.6. The molecule has 0 saturated heterocycles. The third-order valence-electron chi connectivity index (χ3n) is 6.29. The summed E-state index contributed by atoms with van der Waals surface area (Å²) in [5, 5.41) is 7.70. The number of aliphatic imine (C=N–C) groups is 1. The van der Waals surface area contributed by atoms with Gasteiger partial charge in [0.2, 0.25) is 11.9 Å². The Morgan fingerprint density at radius 2 is 1.95 bits per heavy atom. The number of carbonyl (C=O) groups excluding carboxylic acids is 2. The molecule has 16 heteroatoms. The Balaban J connectivity index is 1.21. The molecule has 10 nitrogen and oxygen atoms in total. The van der Waals surface area contributed by atoms with Crippen LogP contribution < -0.4 is 21.1 Å². The predicted molar refractivity (Wildman–Crippen MR) is 153 cm³/mol. The lowest BCUT2D eigenvalue weighted by atomic mass is 10.1. The van der Waals surface area contributed by atoms with Gasteiger partial charge in [0.15, 0.2) is 10.9 Å². The Bertz CT molecular complexity index is 1600. The van der Waals surface area contributed by atoms with Crippen LogP contribution in [0.1, 0.15) is 11.1 Å². The number of benzene rings is 2. The highest BCUT2D eigenvalue weighted by atomic mass is 35.5. The first kappa shape index (κ1) is 29.5. The number of nitrogens with two attached hydrogens (primary N) is 1. The lowest BCUT2D eigenvalue weighted by Crippen LogP contribution is -2.53. The maximum atomic E-state index is 13.0. The topological polar surface area (TPSA) is 125 Å². The molecule has 0 spiro atoms. The van der Waals surface area contributed by atoms with E-state index in [1.54, 1.807) is 29.5 Å². The average molecular weight is 640 g/mol. The van der Waals surface area contributed by atoms with Crippen molar-refractivity contribution in [3.05, 3.63) is 74.5 Å². The van der Waals surface area contributed by atoms with E-state index < -0.39 is 23.6 Å². The molecule has 0 fully saturated rings. The van der Waals surface area contributed by atoms with Crippen LogP contribution in [-0.2, 0) is 22.4 Å². The monoisotopic (exact) mass is 639 g/mol. The molecule has 2 aliphatic heterocycles. The molecule has 2 amide bonds. The van der Waals surface area contributed by atoms with Crippen molar-refractivity contribution in [1.82, 2.24) is 20.1 Å². The van der Waals surface area contributed by atoms with Gasteiger partial charge in [-0.1, -0.05) is 35.3 Å². The molecule has 2 aliphatic rings. The SMILES string of the molecule is CN1C(=O)C(NCC(=O)Nc2nc(-c3cc(Cl)c(OCc4cccc(C(F)(F)F)c4)c(Cl)c3)cs2)=C(N)N2CCN=C12. The number of halogens is 5. The third-order valence-corrected chi connectivity index (χ3v) is 7.61. The molecule has 3 heterocycles. The van der Waals surface area contributed by atoms with E-state index in [9.17, 15) is 22.8 Å². The Kier molecular flexibility index (Phi) is 8.21. The summed E-state index contributed by atoms with van der Waals surface area (Å²) in [6, 6.07) is 7.86. The van der Waals surface area contributed by atoms with Gasteiger partial charge in [0.05, 0.1) is 34.4 Å². The molecule has 0 aliphatic carbocycles. The largest absolute Gasteiger partial charge is 0.486 e. The summed E-state index contributed by atoms with van der Waals surface area (Å²) in [5.41, 5.74) is 6.74. The molecule has 4 N–H and O–H groups in total. The molecule has 1 aromatic heterocycles. The number of alkyl halides is 3. The van der Waals surface area contributed by atoms with Gasteiger partial charge in [0.25, 0.3) is 5.91 Å². The second-order valence-electron chi connectivity index (χ2n) is 9.15. The van der Waals surface area contributed by atoms with E-state index in [2.05, 4.69) is 20.6 Å². The molecule has 0 bridgehead atoms. The van der Waals surface area contributed by atoms with E-state index in [1.807, 2.05) is 0 Å². The van der Waals surface area contributed by atoms with Gasteiger partial charge in [-0.05, 0) is 29.8 Å². The fraction of sp³-hybridized carbons (Fsp3) is 0.231. The summed E-state index contributed by atoms with van der Waals surface area (Å²) in [4.78, 5) is 37.0. The minimum Gasteiger partial charge on any atom is -0.486 e. The molecule has 0 radical (unpaired) electrons. The van der Waals surface area contributed by atoms with Crippen LogP contribution in [-0.4, -0.2) is 59.2 Å². The van der Waals surface area contributed by atoms with Crippen LogP contribution >= 0.6 is 34.5 Å². The molecule has 3 aromatic rings. The van der Waals surface area contributed by atoms with Crippen LogP contribution in [0.25, 0.3) is 11.3 Å². The van der Waals surface area contributed by atoms with Crippen LogP contribution in [0.5, 0.6) is 5.75 Å². The van der Waals surface area contributed by atoms with Crippen molar-refractivity contribution in [2.45, 2.75) is 12.8 Å². The minimum atomic E-state index is -4.47. The summed E-state index contributed by atoms with van der Waals surface area (Å²) in [6.07, 6.45) is -4.47. The number of rotatable bonds is 8. The van der Waals surface area contributed by atoms with Crippen LogP contribution in [0.2, 0.25) is 10.0 Å². The zero-order chi connectivity index (χ0) is 30.2. The van der Waals surface area contributed by atoms with Crippen LogP contribution in [0.4, 0.5) is 18.3 Å². The van der Waals surface area contributed by atoms with E-state index in [-0.39, 0.29) is 45.6 Å².